The lowest BCUT2D eigenvalue weighted by molar-refractivity contribution is -0.917. The van der Waals surface area contributed by atoms with Crippen molar-refractivity contribution in [2.45, 2.75) is 19.8 Å². The van der Waals surface area contributed by atoms with Crippen molar-refractivity contribution < 1.29 is 18.8 Å². The van der Waals surface area contributed by atoms with Gasteiger partial charge < -0.3 is 18.8 Å². The number of quaternary nitrogens is 1. The topological polar surface area (TPSA) is 53.9 Å². The third-order valence-electron chi connectivity index (χ3n) is 3.84. The summed E-state index contributed by atoms with van der Waals surface area (Å²) < 4.78 is 18.0. The molecule has 0 aliphatic rings. The predicted molar refractivity (Wildman–Crippen MR) is 99.7 cm³/mol. The number of rotatable bonds is 8. The first-order valence-electron chi connectivity index (χ1n) is 8.33. The minimum atomic E-state index is 0.223. The summed E-state index contributed by atoms with van der Waals surface area (Å²) in [6.07, 6.45) is 0. The number of hydrogen-bond donors (Lipinski definition) is 1. The van der Waals surface area contributed by atoms with E-state index in [2.05, 4.69) is 24.3 Å². The summed E-state index contributed by atoms with van der Waals surface area (Å²) in [5, 5.41) is 4.42. The molecule has 1 aromatic heterocycles. The molecule has 0 radical (unpaired) electrons. The van der Waals surface area contributed by atoms with Gasteiger partial charge in [-0.25, -0.2) is 0 Å². The first kappa shape index (κ1) is 18.2. The second kappa shape index (κ2) is 8.64. The fraction of sp³-hybridized carbons (Fsp3) is 0.263. The molecule has 2 aromatic carbocycles. The molecule has 6 nitrogen and oxygen atoms in total. The van der Waals surface area contributed by atoms with E-state index < -0.39 is 0 Å². The molecule has 7 heteroatoms. The Bertz CT molecular complexity index is 875. The quantitative estimate of drug-likeness (QED) is 0.616. The average Bonchev–Trinajstić information content (AvgIpc) is 3.00. The Labute approximate surface area is 157 Å². The zero-order chi connectivity index (χ0) is 18.4. The summed E-state index contributed by atoms with van der Waals surface area (Å²) in [7, 11) is 3.72. The van der Waals surface area contributed by atoms with E-state index in [0.717, 1.165) is 12.3 Å². The molecule has 1 unspecified atom stereocenters. The normalized spacial score (nSPS) is 11.9. The smallest absolute Gasteiger partial charge is 0.291 e. The lowest BCUT2D eigenvalue weighted by atomic mass is 10.2. The molecule has 1 N–H and O–H groups in total. The van der Waals surface area contributed by atoms with E-state index in [1.165, 1.54) is 10.5 Å². The maximum atomic E-state index is 5.68. The molecule has 0 aliphatic heterocycles. The van der Waals surface area contributed by atoms with E-state index in [1.807, 2.05) is 42.5 Å². The van der Waals surface area contributed by atoms with E-state index in [1.54, 1.807) is 11.8 Å². The summed E-state index contributed by atoms with van der Waals surface area (Å²) in [5.41, 5.74) is 1.27. The minimum absolute atomic E-state index is 0.223. The summed E-state index contributed by atoms with van der Waals surface area (Å²) in [6, 6.07) is 17.7. The van der Waals surface area contributed by atoms with Gasteiger partial charge in [-0.2, -0.15) is 4.68 Å². The second-order valence-electron chi connectivity index (χ2n) is 6.00. The number of methoxy groups -OCH3 is 1. The summed E-state index contributed by atoms with van der Waals surface area (Å²) >= 11 is 5.27. The van der Waals surface area contributed by atoms with Gasteiger partial charge in [0.1, 0.15) is 18.0 Å². The van der Waals surface area contributed by atoms with Gasteiger partial charge in [0.25, 0.3) is 10.7 Å². The van der Waals surface area contributed by atoms with Crippen molar-refractivity contribution in [1.82, 2.24) is 9.78 Å². The van der Waals surface area contributed by atoms with Crippen LogP contribution in [0, 0.1) is 4.84 Å². The maximum absolute atomic E-state index is 5.68. The van der Waals surface area contributed by atoms with Crippen LogP contribution in [-0.4, -0.2) is 23.9 Å². The molecule has 136 valence electrons. The SMILES string of the molecule is COc1ccc(OCc2nn(C[NH+](C)Cc3ccccc3)c(=S)o2)cc1. The van der Waals surface area contributed by atoms with Gasteiger partial charge in [-0.15, -0.1) is 5.10 Å². The number of hydrogen-bond acceptors (Lipinski definition) is 5. The molecule has 0 amide bonds. The average molecular weight is 372 g/mol. The zero-order valence-electron chi connectivity index (χ0n) is 14.8. The number of benzene rings is 2. The molecule has 0 bridgehead atoms. The van der Waals surface area contributed by atoms with Gasteiger partial charge in [0.2, 0.25) is 0 Å². The Morgan fingerprint density at radius 2 is 1.77 bits per heavy atom. The number of nitrogens with zero attached hydrogens (tertiary/aromatic N) is 2. The summed E-state index contributed by atoms with van der Waals surface area (Å²) in [4.78, 5) is 1.61. The van der Waals surface area contributed by atoms with Crippen LogP contribution in [0.4, 0.5) is 0 Å². The first-order valence-corrected chi connectivity index (χ1v) is 8.74. The molecule has 3 aromatic rings. The van der Waals surface area contributed by atoms with Gasteiger partial charge in [0.05, 0.1) is 14.2 Å². The fourth-order valence-electron chi connectivity index (χ4n) is 2.58. The standard InChI is InChI=1S/C19H21N3O3S/c1-21(12-15-6-4-3-5-7-15)14-22-19(26)25-18(20-22)13-24-17-10-8-16(23-2)9-11-17/h3-11H,12-14H2,1-2H3/p+1. The third kappa shape index (κ3) is 4.93. The minimum Gasteiger partial charge on any atom is -0.497 e. The number of nitrogens with one attached hydrogen (secondary N) is 1. The lowest BCUT2D eigenvalue weighted by Gasteiger charge is -2.13. The Hall–Kier alpha value is -2.64. The molecule has 3 rings (SSSR count). The highest BCUT2D eigenvalue weighted by Crippen LogP contribution is 2.18. The van der Waals surface area contributed by atoms with Gasteiger partial charge in [0.15, 0.2) is 13.3 Å². The molecular formula is C19H22N3O3S+. The van der Waals surface area contributed by atoms with E-state index in [9.17, 15) is 0 Å². The van der Waals surface area contributed by atoms with Gasteiger partial charge in [0, 0.05) is 5.56 Å². The van der Waals surface area contributed by atoms with Gasteiger partial charge in [-0.1, -0.05) is 30.3 Å². The summed E-state index contributed by atoms with van der Waals surface area (Å²) in [5.74, 6) is 1.95. The van der Waals surface area contributed by atoms with Crippen molar-refractivity contribution in [2.75, 3.05) is 14.2 Å². The maximum Gasteiger partial charge on any atom is 0.291 e. The van der Waals surface area contributed by atoms with Gasteiger partial charge >= 0.3 is 0 Å². The molecule has 0 fully saturated rings. The Morgan fingerprint density at radius 1 is 1.08 bits per heavy atom. The van der Waals surface area contributed by atoms with Crippen molar-refractivity contribution in [3.8, 4) is 11.5 Å². The number of ether oxygens (including phenoxy) is 2. The molecule has 1 atom stereocenters. The molecule has 0 saturated carbocycles. The van der Waals surface area contributed by atoms with Crippen molar-refractivity contribution in [2.24, 2.45) is 0 Å². The molecule has 26 heavy (non-hydrogen) atoms. The zero-order valence-corrected chi connectivity index (χ0v) is 15.7. The van der Waals surface area contributed by atoms with Gasteiger partial charge in [-0.3, -0.25) is 0 Å². The van der Waals surface area contributed by atoms with Crippen molar-refractivity contribution in [3.63, 3.8) is 0 Å². The van der Waals surface area contributed by atoms with E-state index in [0.29, 0.717) is 23.1 Å². The number of aromatic nitrogens is 2. The molecule has 1 heterocycles. The van der Waals surface area contributed by atoms with Crippen molar-refractivity contribution >= 4 is 12.2 Å². The highest BCUT2D eigenvalue weighted by molar-refractivity contribution is 7.71. The van der Waals surface area contributed by atoms with Crippen LogP contribution >= 0.6 is 12.2 Å². The summed E-state index contributed by atoms with van der Waals surface area (Å²) in [6.45, 7) is 1.73. The van der Waals surface area contributed by atoms with Crippen LogP contribution in [0.5, 0.6) is 11.5 Å². The molecular weight excluding hydrogens is 350 g/mol. The Morgan fingerprint density at radius 3 is 2.46 bits per heavy atom. The molecule has 0 spiro atoms. The van der Waals surface area contributed by atoms with Crippen LogP contribution in [0.25, 0.3) is 0 Å². The second-order valence-corrected chi connectivity index (χ2v) is 6.35. The van der Waals surface area contributed by atoms with Crippen LogP contribution in [0.1, 0.15) is 11.5 Å². The highest BCUT2D eigenvalue weighted by Gasteiger charge is 2.11. The Balaban J connectivity index is 1.57. The van der Waals surface area contributed by atoms with Gasteiger partial charge in [-0.05, 0) is 36.5 Å². The van der Waals surface area contributed by atoms with E-state index >= 15 is 0 Å². The lowest BCUT2D eigenvalue weighted by Crippen LogP contribution is -3.07. The van der Waals surface area contributed by atoms with E-state index in [-0.39, 0.29) is 6.61 Å². The van der Waals surface area contributed by atoms with Crippen LogP contribution in [-0.2, 0) is 19.8 Å². The molecule has 0 aliphatic carbocycles. The van der Waals surface area contributed by atoms with Crippen molar-refractivity contribution in [1.29, 1.82) is 0 Å². The third-order valence-corrected chi connectivity index (χ3v) is 4.13. The largest absolute Gasteiger partial charge is 0.497 e. The molecule has 0 saturated heterocycles. The fourth-order valence-corrected chi connectivity index (χ4v) is 2.78. The van der Waals surface area contributed by atoms with Crippen LogP contribution in [0.3, 0.4) is 0 Å². The van der Waals surface area contributed by atoms with E-state index in [4.69, 9.17) is 26.1 Å². The predicted octanol–water partition coefficient (Wildman–Crippen LogP) is 2.47. The van der Waals surface area contributed by atoms with Crippen LogP contribution < -0.4 is 14.4 Å². The first-order chi connectivity index (χ1) is 12.6. The van der Waals surface area contributed by atoms with Crippen molar-refractivity contribution in [3.05, 3.63) is 70.9 Å². The van der Waals surface area contributed by atoms with Crippen LogP contribution in [0.15, 0.2) is 59.0 Å². The highest BCUT2D eigenvalue weighted by atomic mass is 32.1. The Kier molecular flexibility index (Phi) is 6.04. The monoisotopic (exact) mass is 372 g/mol. The van der Waals surface area contributed by atoms with Crippen LogP contribution in [0.2, 0.25) is 0 Å².